The van der Waals surface area contributed by atoms with Crippen molar-refractivity contribution in [3.8, 4) is 5.75 Å². The molecule has 1 aromatic rings. The van der Waals surface area contributed by atoms with E-state index in [1.807, 2.05) is 24.3 Å². The van der Waals surface area contributed by atoms with Gasteiger partial charge in [0.05, 0.1) is 7.11 Å². The van der Waals surface area contributed by atoms with Crippen LogP contribution in [0.3, 0.4) is 0 Å². The topological polar surface area (TPSA) is 46.5 Å². The molecule has 0 spiro atoms. The smallest absolute Gasteiger partial charge is 0.166 e. The molecule has 1 saturated carbocycles. The molecular weight excluding hydrogens is 240 g/mol. The van der Waals surface area contributed by atoms with Crippen molar-refractivity contribution in [2.45, 2.75) is 44.6 Å². The normalized spacial score (nSPS) is 18.0. The molecule has 1 atom stereocenters. The van der Waals surface area contributed by atoms with Crippen LogP contribution in [0, 0.1) is 5.92 Å². The molecule has 0 amide bonds. The lowest BCUT2D eigenvalue weighted by atomic mass is 9.83. The van der Waals surface area contributed by atoms with Crippen molar-refractivity contribution >= 4 is 5.78 Å². The minimum Gasteiger partial charge on any atom is -0.496 e. The van der Waals surface area contributed by atoms with E-state index in [4.69, 9.17) is 4.74 Å². The Balaban J connectivity index is 1.99. The predicted molar refractivity (Wildman–Crippen MR) is 74.3 cm³/mol. The van der Waals surface area contributed by atoms with E-state index in [9.17, 15) is 9.90 Å². The summed E-state index contributed by atoms with van der Waals surface area (Å²) in [5.74, 6) is 0.777. The Kier molecular flexibility index (Phi) is 4.97. The molecule has 0 aromatic heterocycles. The molecule has 3 heteroatoms. The number of benzene rings is 1. The van der Waals surface area contributed by atoms with Crippen molar-refractivity contribution in [1.29, 1.82) is 0 Å². The first-order valence-electron chi connectivity index (χ1n) is 7.05. The van der Waals surface area contributed by atoms with E-state index >= 15 is 0 Å². The van der Waals surface area contributed by atoms with Gasteiger partial charge in [-0.1, -0.05) is 37.5 Å². The lowest BCUT2D eigenvalue weighted by molar-refractivity contribution is -0.129. The highest BCUT2D eigenvalue weighted by Crippen LogP contribution is 2.28. The van der Waals surface area contributed by atoms with E-state index < -0.39 is 6.10 Å². The molecule has 1 aliphatic rings. The summed E-state index contributed by atoms with van der Waals surface area (Å²) >= 11 is 0. The van der Waals surface area contributed by atoms with E-state index in [2.05, 4.69) is 0 Å². The highest BCUT2D eigenvalue weighted by molar-refractivity contribution is 5.85. The summed E-state index contributed by atoms with van der Waals surface area (Å²) in [6.07, 6.45) is 4.86. The van der Waals surface area contributed by atoms with Crippen LogP contribution in [0.1, 0.15) is 37.7 Å². The summed E-state index contributed by atoms with van der Waals surface area (Å²) in [6.45, 7) is 0. The number of rotatable bonds is 5. The van der Waals surface area contributed by atoms with E-state index in [0.717, 1.165) is 31.2 Å². The molecule has 1 fully saturated rings. The molecule has 3 nitrogen and oxygen atoms in total. The second-order valence-corrected chi connectivity index (χ2v) is 5.30. The Morgan fingerprint density at radius 3 is 2.68 bits per heavy atom. The number of hydrogen-bond donors (Lipinski definition) is 1. The van der Waals surface area contributed by atoms with Gasteiger partial charge in [-0.05, 0) is 24.8 Å². The lowest BCUT2D eigenvalue weighted by Crippen LogP contribution is -2.32. The average molecular weight is 262 g/mol. The third-order valence-corrected chi connectivity index (χ3v) is 3.98. The molecule has 1 aliphatic carbocycles. The Bertz CT molecular complexity index is 422. The summed E-state index contributed by atoms with van der Waals surface area (Å²) in [5, 5.41) is 10.2. The fraction of sp³-hybridized carbons (Fsp3) is 0.562. The van der Waals surface area contributed by atoms with Crippen LogP contribution >= 0.6 is 0 Å². The number of para-hydroxylation sites is 1. The van der Waals surface area contributed by atoms with Crippen molar-refractivity contribution < 1.29 is 14.6 Å². The third-order valence-electron chi connectivity index (χ3n) is 3.98. The predicted octanol–water partition coefficient (Wildman–Crippen LogP) is 2.75. The molecule has 0 saturated heterocycles. The minimum atomic E-state index is -0.815. The largest absolute Gasteiger partial charge is 0.496 e. The van der Waals surface area contributed by atoms with Crippen LogP contribution in [-0.4, -0.2) is 24.1 Å². The highest BCUT2D eigenvalue weighted by atomic mass is 16.5. The molecule has 104 valence electrons. The van der Waals surface area contributed by atoms with Crippen LogP contribution in [0.5, 0.6) is 5.75 Å². The van der Waals surface area contributed by atoms with Gasteiger partial charge in [0.15, 0.2) is 5.78 Å². The highest BCUT2D eigenvalue weighted by Gasteiger charge is 2.27. The molecule has 0 aliphatic heterocycles. The average Bonchev–Trinajstić information content (AvgIpc) is 2.48. The van der Waals surface area contributed by atoms with Gasteiger partial charge in [-0.3, -0.25) is 4.79 Å². The maximum atomic E-state index is 12.2. The van der Waals surface area contributed by atoms with E-state index in [1.54, 1.807) is 7.11 Å². The number of Topliss-reactive ketones (excluding diaryl/α,β-unsaturated/α-hetero) is 1. The van der Waals surface area contributed by atoms with Gasteiger partial charge < -0.3 is 9.84 Å². The van der Waals surface area contributed by atoms with E-state index in [0.29, 0.717) is 5.75 Å². The molecule has 19 heavy (non-hydrogen) atoms. The first-order chi connectivity index (χ1) is 9.22. The number of aliphatic hydroxyl groups is 1. The quantitative estimate of drug-likeness (QED) is 0.887. The number of carbonyl (C=O) groups excluding carboxylic acids is 1. The summed E-state index contributed by atoms with van der Waals surface area (Å²) in [7, 11) is 1.60. The van der Waals surface area contributed by atoms with Crippen molar-refractivity contribution in [3.05, 3.63) is 29.8 Å². The minimum absolute atomic E-state index is 0.0867. The van der Waals surface area contributed by atoms with Gasteiger partial charge in [0.1, 0.15) is 11.9 Å². The van der Waals surface area contributed by atoms with Crippen molar-refractivity contribution in [2.24, 2.45) is 5.92 Å². The van der Waals surface area contributed by atoms with Gasteiger partial charge in [0.2, 0.25) is 0 Å². The molecule has 1 aromatic carbocycles. The fourth-order valence-corrected chi connectivity index (χ4v) is 2.85. The first-order valence-corrected chi connectivity index (χ1v) is 7.05. The van der Waals surface area contributed by atoms with Gasteiger partial charge in [0.25, 0.3) is 0 Å². The standard InChI is InChI=1S/C16H22O3/c1-19-15-10-6-5-9-13(15)11-14(17)16(18)12-7-3-2-4-8-12/h5-6,9-10,12,16,18H,2-4,7-8,11H2,1H3. The molecule has 0 heterocycles. The number of aliphatic hydroxyl groups excluding tert-OH is 1. The Labute approximate surface area is 114 Å². The zero-order valence-electron chi connectivity index (χ0n) is 11.5. The monoisotopic (exact) mass is 262 g/mol. The van der Waals surface area contributed by atoms with Gasteiger partial charge >= 0.3 is 0 Å². The zero-order valence-corrected chi connectivity index (χ0v) is 11.5. The molecule has 1 unspecified atom stereocenters. The van der Waals surface area contributed by atoms with Gasteiger partial charge in [-0.2, -0.15) is 0 Å². The van der Waals surface area contributed by atoms with Gasteiger partial charge in [0, 0.05) is 12.0 Å². The van der Waals surface area contributed by atoms with E-state index in [1.165, 1.54) is 6.42 Å². The Morgan fingerprint density at radius 1 is 1.32 bits per heavy atom. The van der Waals surface area contributed by atoms with Crippen LogP contribution in [-0.2, 0) is 11.2 Å². The van der Waals surface area contributed by atoms with Crippen LogP contribution in [0.2, 0.25) is 0 Å². The van der Waals surface area contributed by atoms with Crippen LogP contribution in [0.15, 0.2) is 24.3 Å². The fourth-order valence-electron chi connectivity index (χ4n) is 2.85. The first kappa shape index (κ1) is 14.1. The second kappa shape index (κ2) is 6.71. The van der Waals surface area contributed by atoms with Crippen molar-refractivity contribution in [2.75, 3.05) is 7.11 Å². The van der Waals surface area contributed by atoms with Gasteiger partial charge in [-0.25, -0.2) is 0 Å². The Hall–Kier alpha value is -1.35. The maximum absolute atomic E-state index is 12.2. The number of ether oxygens (including phenoxy) is 1. The molecule has 2 rings (SSSR count). The van der Waals surface area contributed by atoms with Gasteiger partial charge in [-0.15, -0.1) is 0 Å². The van der Waals surface area contributed by atoms with E-state index in [-0.39, 0.29) is 18.1 Å². The third kappa shape index (κ3) is 3.57. The Morgan fingerprint density at radius 2 is 2.00 bits per heavy atom. The second-order valence-electron chi connectivity index (χ2n) is 5.30. The van der Waals surface area contributed by atoms with Crippen LogP contribution < -0.4 is 4.74 Å². The molecule has 0 radical (unpaired) electrons. The number of carbonyl (C=O) groups is 1. The zero-order chi connectivity index (χ0) is 13.7. The summed E-state index contributed by atoms with van der Waals surface area (Å²) in [4.78, 5) is 12.2. The number of ketones is 1. The van der Waals surface area contributed by atoms with Crippen molar-refractivity contribution in [1.82, 2.24) is 0 Å². The lowest BCUT2D eigenvalue weighted by Gasteiger charge is -2.25. The van der Waals surface area contributed by atoms with Crippen LogP contribution in [0.25, 0.3) is 0 Å². The molecular formula is C16H22O3. The SMILES string of the molecule is COc1ccccc1CC(=O)C(O)C1CCCCC1. The summed E-state index contributed by atoms with van der Waals surface area (Å²) in [6, 6.07) is 7.49. The summed E-state index contributed by atoms with van der Waals surface area (Å²) in [5.41, 5.74) is 0.852. The van der Waals surface area contributed by atoms with Crippen LogP contribution in [0.4, 0.5) is 0 Å². The molecule has 1 N–H and O–H groups in total. The number of methoxy groups -OCH3 is 1. The summed E-state index contributed by atoms with van der Waals surface area (Å²) < 4.78 is 5.24. The molecule has 0 bridgehead atoms. The number of hydrogen-bond acceptors (Lipinski definition) is 3. The maximum Gasteiger partial charge on any atom is 0.166 e. The van der Waals surface area contributed by atoms with Crippen molar-refractivity contribution in [3.63, 3.8) is 0 Å².